The summed E-state index contributed by atoms with van der Waals surface area (Å²) in [5.74, 6) is 0. The lowest BCUT2D eigenvalue weighted by atomic mass is 10.3. The van der Waals surface area contributed by atoms with Gasteiger partial charge in [-0.15, -0.1) is 0 Å². The second-order valence-corrected chi connectivity index (χ2v) is 5.25. The molecular weight excluding hydrogens is 238 g/mol. The molecule has 0 aromatic heterocycles. The molecule has 0 amide bonds. The Hall–Kier alpha value is -0.200. The van der Waals surface area contributed by atoms with Crippen LogP contribution in [-0.2, 0) is 0 Å². The van der Waals surface area contributed by atoms with Crippen LogP contribution in [0.5, 0.6) is 0 Å². The van der Waals surface area contributed by atoms with Gasteiger partial charge < -0.3 is 16.0 Å². The first-order valence-electron chi connectivity index (χ1n) is 7.88. The van der Waals surface area contributed by atoms with Crippen molar-refractivity contribution in [3.63, 3.8) is 0 Å². The molecule has 3 N–H and O–H groups in total. The highest BCUT2D eigenvalue weighted by Crippen LogP contribution is 1.99. The Kier molecular flexibility index (Phi) is 9.38. The number of piperazine rings is 1. The molecule has 1 saturated heterocycles. The summed E-state index contributed by atoms with van der Waals surface area (Å²) in [4.78, 5) is 7.47. The second-order valence-electron chi connectivity index (χ2n) is 5.25. The third-order valence-corrected chi connectivity index (χ3v) is 4.01. The Morgan fingerprint density at radius 3 is 2.05 bits per heavy atom. The van der Waals surface area contributed by atoms with E-state index in [9.17, 15) is 0 Å². The smallest absolute Gasteiger partial charge is 0.0110 e. The third kappa shape index (κ3) is 7.22. The van der Waals surface area contributed by atoms with E-state index in [2.05, 4.69) is 33.9 Å². The minimum atomic E-state index is 0.785. The first kappa shape index (κ1) is 16.9. The molecule has 0 atom stereocenters. The van der Waals surface area contributed by atoms with Gasteiger partial charge in [0.15, 0.2) is 0 Å². The standard InChI is InChI=1S/C14H33N5/c1-3-17(4-2)9-6-16-7-10-19-13-11-18(8-5-15)12-14-19/h16H,3-15H2,1-2H3. The molecule has 0 aromatic carbocycles. The van der Waals surface area contributed by atoms with Crippen molar-refractivity contribution in [3.05, 3.63) is 0 Å². The Bertz CT molecular complexity index is 200. The van der Waals surface area contributed by atoms with Crippen LogP contribution in [0.4, 0.5) is 0 Å². The van der Waals surface area contributed by atoms with E-state index in [1.807, 2.05) is 0 Å². The number of likely N-dealkylation sites (N-methyl/N-ethyl adjacent to an activating group) is 1. The van der Waals surface area contributed by atoms with E-state index in [1.165, 1.54) is 32.7 Å². The molecule has 1 fully saturated rings. The van der Waals surface area contributed by atoms with Crippen LogP contribution in [0.15, 0.2) is 0 Å². The average molecular weight is 271 g/mol. The van der Waals surface area contributed by atoms with Crippen LogP contribution >= 0.6 is 0 Å². The zero-order valence-electron chi connectivity index (χ0n) is 12.9. The van der Waals surface area contributed by atoms with Gasteiger partial charge in [-0.1, -0.05) is 13.8 Å². The summed E-state index contributed by atoms with van der Waals surface area (Å²) in [5, 5.41) is 3.55. The Morgan fingerprint density at radius 2 is 1.53 bits per heavy atom. The molecule has 0 spiro atoms. The Balaban J connectivity index is 1.96. The van der Waals surface area contributed by atoms with Gasteiger partial charge in [-0.05, 0) is 13.1 Å². The Labute approximate surface area is 119 Å². The molecule has 1 heterocycles. The van der Waals surface area contributed by atoms with E-state index >= 15 is 0 Å². The van der Waals surface area contributed by atoms with E-state index in [4.69, 9.17) is 5.73 Å². The third-order valence-electron chi connectivity index (χ3n) is 4.01. The van der Waals surface area contributed by atoms with Gasteiger partial charge in [0.2, 0.25) is 0 Å². The first-order chi connectivity index (χ1) is 9.30. The predicted molar refractivity (Wildman–Crippen MR) is 82.6 cm³/mol. The molecule has 0 unspecified atom stereocenters. The van der Waals surface area contributed by atoms with Crippen LogP contribution in [0.25, 0.3) is 0 Å². The number of hydrogen-bond donors (Lipinski definition) is 2. The Morgan fingerprint density at radius 1 is 0.947 bits per heavy atom. The van der Waals surface area contributed by atoms with Crippen LogP contribution in [0.2, 0.25) is 0 Å². The molecular formula is C14H33N5. The topological polar surface area (TPSA) is 47.8 Å². The molecule has 0 saturated carbocycles. The molecule has 1 aliphatic heterocycles. The second kappa shape index (κ2) is 10.6. The van der Waals surface area contributed by atoms with Crippen molar-refractivity contribution in [1.82, 2.24) is 20.0 Å². The lowest BCUT2D eigenvalue weighted by Gasteiger charge is -2.34. The molecule has 19 heavy (non-hydrogen) atoms. The molecule has 114 valence electrons. The zero-order valence-corrected chi connectivity index (χ0v) is 12.9. The van der Waals surface area contributed by atoms with Crippen molar-refractivity contribution < 1.29 is 0 Å². The fourth-order valence-corrected chi connectivity index (χ4v) is 2.56. The summed E-state index contributed by atoms with van der Waals surface area (Å²) in [6.07, 6.45) is 0. The van der Waals surface area contributed by atoms with Gasteiger partial charge >= 0.3 is 0 Å². The van der Waals surface area contributed by atoms with E-state index in [1.54, 1.807) is 0 Å². The van der Waals surface area contributed by atoms with Crippen molar-refractivity contribution >= 4 is 0 Å². The molecule has 5 heteroatoms. The summed E-state index contributed by atoms with van der Waals surface area (Å²) < 4.78 is 0. The fourth-order valence-electron chi connectivity index (χ4n) is 2.56. The largest absolute Gasteiger partial charge is 0.329 e. The predicted octanol–water partition coefficient (Wildman–Crippen LogP) is -0.506. The fraction of sp³-hybridized carbons (Fsp3) is 1.00. The van der Waals surface area contributed by atoms with Gasteiger partial charge in [-0.3, -0.25) is 9.80 Å². The van der Waals surface area contributed by atoms with Gasteiger partial charge in [0, 0.05) is 65.4 Å². The lowest BCUT2D eigenvalue weighted by Crippen LogP contribution is -2.49. The molecule has 0 bridgehead atoms. The summed E-state index contributed by atoms with van der Waals surface area (Å²) >= 11 is 0. The molecule has 0 aromatic rings. The number of hydrogen-bond acceptors (Lipinski definition) is 5. The maximum absolute atomic E-state index is 5.59. The summed E-state index contributed by atoms with van der Waals surface area (Å²) in [6.45, 7) is 17.9. The highest BCUT2D eigenvalue weighted by atomic mass is 15.3. The quantitative estimate of drug-likeness (QED) is 0.524. The zero-order chi connectivity index (χ0) is 13.9. The molecule has 5 nitrogen and oxygen atoms in total. The van der Waals surface area contributed by atoms with Crippen LogP contribution in [0.1, 0.15) is 13.8 Å². The highest BCUT2D eigenvalue weighted by Gasteiger charge is 2.15. The van der Waals surface area contributed by atoms with Crippen LogP contribution in [0, 0.1) is 0 Å². The summed E-state index contributed by atoms with van der Waals surface area (Å²) in [6, 6.07) is 0. The molecule has 1 rings (SSSR count). The summed E-state index contributed by atoms with van der Waals surface area (Å²) in [5.41, 5.74) is 5.59. The van der Waals surface area contributed by atoms with Crippen LogP contribution in [0.3, 0.4) is 0 Å². The van der Waals surface area contributed by atoms with E-state index < -0.39 is 0 Å². The van der Waals surface area contributed by atoms with Gasteiger partial charge in [0.25, 0.3) is 0 Å². The molecule has 0 radical (unpaired) electrons. The monoisotopic (exact) mass is 271 g/mol. The number of rotatable bonds is 10. The number of nitrogens with two attached hydrogens (primary N) is 1. The SMILES string of the molecule is CCN(CC)CCNCCN1CCN(CCN)CC1. The maximum atomic E-state index is 5.59. The van der Waals surface area contributed by atoms with Crippen LogP contribution in [-0.4, -0.2) is 93.2 Å². The normalized spacial score (nSPS) is 18.3. The first-order valence-corrected chi connectivity index (χ1v) is 7.88. The van der Waals surface area contributed by atoms with E-state index in [0.717, 1.165) is 45.8 Å². The number of nitrogens with one attached hydrogen (secondary N) is 1. The average Bonchev–Trinajstić information content (AvgIpc) is 2.45. The van der Waals surface area contributed by atoms with Gasteiger partial charge in [-0.2, -0.15) is 0 Å². The minimum Gasteiger partial charge on any atom is -0.329 e. The molecule has 0 aliphatic carbocycles. The highest BCUT2D eigenvalue weighted by molar-refractivity contribution is 4.72. The van der Waals surface area contributed by atoms with Gasteiger partial charge in [0.1, 0.15) is 0 Å². The van der Waals surface area contributed by atoms with Crippen molar-refractivity contribution in [2.45, 2.75) is 13.8 Å². The van der Waals surface area contributed by atoms with E-state index in [0.29, 0.717) is 0 Å². The van der Waals surface area contributed by atoms with Gasteiger partial charge in [-0.25, -0.2) is 0 Å². The van der Waals surface area contributed by atoms with Crippen molar-refractivity contribution in [3.8, 4) is 0 Å². The van der Waals surface area contributed by atoms with Crippen molar-refractivity contribution in [1.29, 1.82) is 0 Å². The van der Waals surface area contributed by atoms with Crippen molar-refractivity contribution in [2.75, 3.05) is 78.5 Å². The number of nitrogens with zero attached hydrogens (tertiary/aromatic N) is 3. The van der Waals surface area contributed by atoms with Crippen LogP contribution < -0.4 is 11.1 Å². The summed E-state index contributed by atoms with van der Waals surface area (Å²) in [7, 11) is 0. The lowest BCUT2D eigenvalue weighted by molar-refractivity contribution is 0.135. The van der Waals surface area contributed by atoms with E-state index in [-0.39, 0.29) is 0 Å². The van der Waals surface area contributed by atoms with Crippen molar-refractivity contribution in [2.24, 2.45) is 5.73 Å². The van der Waals surface area contributed by atoms with Gasteiger partial charge in [0.05, 0.1) is 0 Å². The maximum Gasteiger partial charge on any atom is 0.0110 e. The molecule has 1 aliphatic rings. The minimum absolute atomic E-state index is 0.785.